The van der Waals surface area contributed by atoms with Crippen molar-refractivity contribution in [2.24, 2.45) is 11.7 Å². The predicted molar refractivity (Wildman–Crippen MR) is 124 cm³/mol. The van der Waals surface area contributed by atoms with Crippen molar-refractivity contribution in [1.82, 2.24) is 9.88 Å². The van der Waals surface area contributed by atoms with Gasteiger partial charge < -0.3 is 21.3 Å². The maximum atomic E-state index is 12.5. The third-order valence-corrected chi connectivity index (χ3v) is 6.98. The second-order valence-corrected chi connectivity index (χ2v) is 9.52. The molecule has 0 saturated carbocycles. The van der Waals surface area contributed by atoms with Gasteiger partial charge in [0.2, 0.25) is 23.6 Å². The molecule has 1 aliphatic rings. The van der Waals surface area contributed by atoms with Crippen molar-refractivity contribution in [3.05, 3.63) is 35.3 Å². The van der Waals surface area contributed by atoms with Crippen LogP contribution in [0.5, 0.6) is 0 Å². The number of nitrogens with two attached hydrogens (primary N) is 1. The van der Waals surface area contributed by atoms with Gasteiger partial charge in [-0.05, 0) is 31.0 Å². The van der Waals surface area contributed by atoms with Crippen LogP contribution in [0, 0.1) is 5.92 Å². The van der Waals surface area contributed by atoms with Gasteiger partial charge in [-0.25, -0.2) is 4.98 Å². The van der Waals surface area contributed by atoms with Crippen molar-refractivity contribution in [1.29, 1.82) is 0 Å². The van der Waals surface area contributed by atoms with Gasteiger partial charge in [0, 0.05) is 42.7 Å². The summed E-state index contributed by atoms with van der Waals surface area (Å²) in [5.74, 6) is -0.682. The third-order valence-electron chi connectivity index (χ3n) is 4.91. The Kier molecular flexibility index (Phi) is 8.23. The lowest BCUT2D eigenvalue weighted by Crippen LogP contribution is -2.42. The van der Waals surface area contributed by atoms with E-state index in [0.29, 0.717) is 47.3 Å². The molecule has 1 fully saturated rings. The summed E-state index contributed by atoms with van der Waals surface area (Å²) in [5.41, 5.74) is 7.20. The molecule has 1 aromatic heterocycles. The smallest absolute Gasteiger partial charge is 0.234 e. The second kappa shape index (κ2) is 11.1. The van der Waals surface area contributed by atoms with Crippen molar-refractivity contribution in [3.63, 3.8) is 0 Å². The normalized spacial score (nSPS) is 14.1. The van der Waals surface area contributed by atoms with Crippen LogP contribution in [-0.2, 0) is 25.6 Å². The van der Waals surface area contributed by atoms with Crippen molar-refractivity contribution in [2.45, 2.75) is 30.5 Å². The fourth-order valence-corrected chi connectivity index (χ4v) is 4.96. The lowest BCUT2D eigenvalue weighted by Gasteiger charge is -2.30. The molecule has 0 bridgehead atoms. The molecular weight excluding hydrogens is 450 g/mol. The summed E-state index contributed by atoms with van der Waals surface area (Å²) < 4.78 is 0.711. The molecule has 0 atom stereocenters. The molecule has 1 aromatic carbocycles. The number of amides is 4. The first kappa shape index (κ1) is 23.7. The monoisotopic (exact) mass is 475 g/mol. The van der Waals surface area contributed by atoms with Crippen LogP contribution in [-0.4, -0.2) is 52.4 Å². The number of anilines is 2. The van der Waals surface area contributed by atoms with Crippen molar-refractivity contribution < 1.29 is 19.2 Å². The summed E-state index contributed by atoms with van der Waals surface area (Å²) in [6, 6.07) is 6.91. The highest BCUT2D eigenvalue weighted by Gasteiger charge is 2.26. The van der Waals surface area contributed by atoms with Gasteiger partial charge in [0.15, 0.2) is 4.34 Å². The number of likely N-dealkylation sites (tertiary alicyclic amines) is 1. The van der Waals surface area contributed by atoms with Gasteiger partial charge in [-0.2, -0.15) is 0 Å². The number of hydrogen-bond donors (Lipinski definition) is 3. The zero-order chi connectivity index (χ0) is 23.1. The lowest BCUT2D eigenvalue weighted by atomic mass is 9.96. The molecule has 4 amide bonds. The Hall–Kier alpha value is -2.92. The van der Waals surface area contributed by atoms with Gasteiger partial charge >= 0.3 is 0 Å². The van der Waals surface area contributed by atoms with Crippen molar-refractivity contribution in [2.75, 3.05) is 29.5 Å². The quantitative estimate of drug-likeness (QED) is 0.501. The minimum absolute atomic E-state index is 0.0217. The Labute approximate surface area is 194 Å². The van der Waals surface area contributed by atoms with Crippen LogP contribution >= 0.6 is 23.1 Å². The first-order valence-corrected chi connectivity index (χ1v) is 12.0. The van der Waals surface area contributed by atoms with E-state index < -0.39 is 0 Å². The van der Waals surface area contributed by atoms with Gasteiger partial charge in [0.25, 0.3) is 0 Å². The Morgan fingerprint density at radius 1 is 1.19 bits per heavy atom. The average molecular weight is 476 g/mol. The third kappa shape index (κ3) is 7.06. The highest BCUT2D eigenvalue weighted by Crippen LogP contribution is 2.24. The fourth-order valence-electron chi connectivity index (χ4n) is 3.32. The van der Waals surface area contributed by atoms with E-state index >= 15 is 0 Å². The first-order chi connectivity index (χ1) is 15.3. The van der Waals surface area contributed by atoms with Crippen LogP contribution < -0.4 is 16.4 Å². The largest absolute Gasteiger partial charge is 0.369 e. The lowest BCUT2D eigenvalue weighted by molar-refractivity contribution is -0.134. The van der Waals surface area contributed by atoms with Crippen LogP contribution in [0.4, 0.5) is 11.4 Å². The molecule has 1 aliphatic heterocycles. The van der Waals surface area contributed by atoms with Crippen molar-refractivity contribution in [3.8, 4) is 0 Å². The molecule has 32 heavy (non-hydrogen) atoms. The maximum Gasteiger partial charge on any atom is 0.234 e. The molecule has 2 aromatic rings. The van der Waals surface area contributed by atoms with Crippen LogP contribution in [0.15, 0.2) is 34.0 Å². The SMILES string of the molecule is CC(=O)Nc1cccc(NC(=O)CSc2nc(CC(=O)N3CCC(C(N)=O)CC3)cs2)c1. The van der Waals surface area contributed by atoms with Crippen LogP contribution in [0.25, 0.3) is 0 Å². The summed E-state index contributed by atoms with van der Waals surface area (Å²) in [6.45, 7) is 2.48. The summed E-state index contributed by atoms with van der Waals surface area (Å²) in [4.78, 5) is 53.3. The van der Waals surface area contributed by atoms with E-state index in [0.717, 1.165) is 0 Å². The van der Waals surface area contributed by atoms with Crippen LogP contribution in [0.3, 0.4) is 0 Å². The maximum absolute atomic E-state index is 12.5. The minimum atomic E-state index is -0.303. The summed E-state index contributed by atoms with van der Waals surface area (Å²) in [7, 11) is 0. The molecule has 1 saturated heterocycles. The second-order valence-electron chi connectivity index (χ2n) is 7.44. The molecule has 2 heterocycles. The number of nitrogens with zero attached hydrogens (tertiary/aromatic N) is 2. The molecule has 0 spiro atoms. The Balaban J connectivity index is 1.44. The first-order valence-electron chi connectivity index (χ1n) is 10.1. The number of carbonyl (C=O) groups is 4. The summed E-state index contributed by atoms with van der Waals surface area (Å²) in [5, 5.41) is 7.29. The molecule has 11 heteroatoms. The van der Waals surface area contributed by atoms with E-state index in [4.69, 9.17) is 5.73 Å². The highest BCUT2D eigenvalue weighted by atomic mass is 32.2. The van der Waals surface area contributed by atoms with Gasteiger partial charge in [-0.1, -0.05) is 17.8 Å². The predicted octanol–water partition coefficient (Wildman–Crippen LogP) is 2.10. The molecule has 0 radical (unpaired) electrons. The van der Waals surface area contributed by atoms with Gasteiger partial charge in [0.05, 0.1) is 17.9 Å². The molecule has 0 aliphatic carbocycles. The van der Waals surface area contributed by atoms with E-state index in [2.05, 4.69) is 15.6 Å². The molecule has 3 rings (SSSR count). The number of rotatable bonds is 8. The summed E-state index contributed by atoms with van der Waals surface area (Å²) >= 11 is 2.69. The molecule has 4 N–H and O–H groups in total. The Bertz CT molecular complexity index is 1000. The standard InChI is InChI=1S/C21H25N5O4S2/c1-13(27)23-15-3-2-4-16(9-15)24-18(28)12-32-21-25-17(11-31-21)10-19(29)26-7-5-14(6-8-26)20(22)30/h2-4,9,11,14H,5-8,10,12H2,1H3,(H2,22,30)(H,23,27)(H,24,28). The molecule has 9 nitrogen and oxygen atoms in total. The topological polar surface area (TPSA) is 134 Å². The molecule has 0 unspecified atom stereocenters. The van der Waals surface area contributed by atoms with Gasteiger partial charge in [-0.3, -0.25) is 19.2 Å². The molecular formula is C21H25N5O4S2. The number of aromatic nitrogens is 1. The fraction of sp³-hybridized carbons (Fsp3) is 0.381. The number of nitrogens with one attached hydrogen (secondary N) is 2. The number of thiazole rings is 1. The number of thioether (sulfide) groups is 1. The highest BCUT2D eigenvalue weighted by molar-refractivity contribution is 8.01. The van der Waals surface area contributed by atoms with Crippen molar-refractivity contribution >= 4 is 58.1 Å². The van der Waals surface area contributed by atoms with E-state index in [-0.39, 0.29) is 41.7 Å². The van der Waals surface area contributed by atoms with E-state index in [1.807, 2.05) is 5.38 Å². The Morgan fingerprint density at radius 3 is 2.53 bits per heavy atom. The summed E-state index contributed by atoms with van der Waals surface area (Å²) in [6.07, 6.45) is 1.39. The minimum Gasteiger partial charge on any atom is -0.369 e. The number of piperidine rings is 1. The van der Waals surface area contributed by atoms with Crippen LogP contribution in [0.2, 0.25) is 0 Å². The van der Waals surface area contributed by atoms with E-state index in [9.17, 15) is 19.2 Å². The van der Waals surface area contributed by atoms with E-state index in [1.54, 1.807) is 29.2 Å². The zero-order valence-electron chi connectivity index (χ0n) is 17.6. The molecule has 170 valence electrons. The van der Waals surface area contributed by atoms with Gasteiger partial charge in [-0.15, -0.1) is 11.3 Å². The zero-order valence-corrected chi connectivity index (χ0v) is 19.3. The average Bonchev–Trinajstić information content (AvgIpc) is 3.19. The number of carbonyl (C=O) groups excluding carboxylic acids is 4. The number of primary amides is 1. The number of hydrogen-bond acceptors (Lipinski definition) is 7. The van der Waals surface area contributed by atoms with Crippen LogP contribution in [0.1, 0.15) is 25.5 Å². The Morgan fingerprint density at radius 2 is 1.88 bits per heavy atom. The van der Waals surface area contributed by atoms with Gasteiger partial charge in [0.1, 0.15) is 0 Å². The number of benzene rings is 1. The van der Waals surface area contributed by atoms with E-state index in [1.165, 1.54) is 30.0 Å².